The lowest BCUT2D eigenvalue weighted by molar-refractivity contribution is 0.370. The predicted octanol–water partition coefficient (Wildman–Crippen LogP) is 2.65. The van der Waals surface area contributed by atoms with Crippen molar-refractivity contribution in [2.45, 2.75) is 6.54 Å². The summed E-state index contributed by atoms with van der Waals surface area (Å²) in [5, 5.41) is 4.16. The van der Waals surface area contributed by atoms with Crippen molar-refractivity contribution < 1.29 is 0 Å². The van der Waals surface area contributed by atoms with E-state index in [2.05, 4.69) is 30.1 Å². The minimum atomic E-state index is 0. The van der Waals surface area contributed by atoms with Gasteiger partial charge in [-0.1, -0.05) is 29.8 Å². The topological polar surface area (TPSA) is 56.7 Å². The van der Waals surface area contributed by atoms with Crippen molar-refractivity contribution in [1.29, 1.82) is 0 Å². The molecule has 1 aromatic heterocycles. The van der Waals surface area contributed by atoms with Crippen LogP contribution in [0.3, 0.4) is 0 Å². The number of nitrogens with one attached hydrogen (secondary N) is 1. The van der Waals surface area contributed by atoms with Crippen LogP contribution in [-0.2, 0) is 6.54 Å². The number of benzene rings is 1. The van der Waals surface area contributed by atoms with Gasteiger partial charge in [0.15, 0.2) is 5.96 Å². The van der Waals surface area contributed by atoms with Gasteiger partial charge in [-0.3, -0.25) is 4.99 Å². The molecule has 2 heterocycles. The van der Waals surface area contributed by atoms with Gasteiger partial charge in [0.1, 0.15) is 0 Å². The first-order valence-corrected chi connectivity index (χ1v) is 8.36. The second-order valence-electron chi connectivity index (χ2n) is 5.52. The van der Waals surface area contributed by atoms with Gasteiger partial charge < -0.3 is 15.1 Å². The minimum Gasteiger partial charge on any atom is -0.352 e. The molecule has 0 aliphatic carbocycles. The maximum absolute atomic E-state index is 6.21. The summed E-state index contributed by atoms with van der Waals surface area (Å²) in [6.07, 6.45) is 3.55. The lowest BCUT2D eigenvalue weighted by Gasteiger charge is -2.36. The monoisotopic (exact) mass is 472 g/mol. The Labute approximate surface area is 170 Å². The molecule has 1 aliphatic heterocycles. The minimum absolute atomic E-state index is 0. The number of guanidine groups is 1. The number of piperazine rings is 1. The molecular weight excluding hydrogens is 451 g/mol. The van der Waals surface area contributed by atoms with Gasteiger partial charge in [-0.15, -0.1) is 24.0 Å². The zero-order valence-electron chi connectivity index (χ0n) is 14.1. The van der Waals surface area contributed by atoms with Crippen LogP contribution in [0.1, 0.15) is 5.56 Å². The molecule has 0 bridgehead atoms. The molecule has 8 heteroatoms. The van der Waals surface area contributed by atoms with Crippen LogP contribution in [-0.4, -0.2) is 54.1 Å². The third-order valence-corrected chi connectivity index (χ3v) is 4.39. The van der Waals surface area contributed by atoms with Crippen LogP contribution in [0.15, 0.2) is 47.7 Å². The number of anilines is 1. The number of rotatable bonds is 3. The number of aliphatic imine (C=N–C) groups is 1. The number of halogens is 2. The predicted molar refractivity (Wildman–Crippen MR) is 113 cm³/mol. The third kappa shape index (κ3) is 5.18. The molecule has 0 saturated carbocycles. The summed E-state index contributed by atoms with van der Waals surface area (Å²) in [5.74, 6) is 1.68. The summed E-state index contributed by atoms with van der Waals surface area (Å²) in [4.78, 5) is 17.5. The normalized spacial score (nSPS) is 14.9. The van der Waals surface area contributed by atoms with Crippen LogP contribution in [0.2, 0.25) is 5.02 Å². The SMILES string of the molecule is CN=C(NCc1ccccc1Cl)N1CCN(c2ncccn2)CC1.I. The largest absolute Gasteiger partial charge is 0.352 e. The van der Waals surface area contributed by atoms with Gasteiger partial charge in [0, 0.05) is 57.2 Å². The highest BCUT2D eigenvalue weighted by atomic mass is 127. The molecule has 1 fully saturated rings. The van der Waals surface area contributed by atoms with Crippen LogP contribution in [0.4, 0.5) is 5.95 Å². The van der Waals surface area contributed by atoms with Gasteiger partial charge in [0.05, 0.1) is 0 Å². The molecule has 0 atom stereocenters. The standard InChI is InChI=1S/C17H21ClN6.HI/c1-19-16(22-13-14-5-2-3-6-15(14)18)23-9-11-24(12-10-23)17-20-7-4-8-21-17;/h2-8H,9-13H2,1H3,(H,19,22);1H. The fraction of sp³-hybridized carbons (Fsp3) is 0.353. The van der Waals surface area contributed by atoms with E-state index in [0.717, 1.165) is 48.7 Å². The molecule has 134 valence electrons. The summed E-state index contributed by atoms with van der Waals surface area (Å²) in [6, 6.07) is 9.68. The van der Waals surface area contributed by atoms with Crippen LogP contribution < -0.4 is 10.2 Å². The summed E-state index contributed by atoms with van der Waals surface area (Å²) in [5.41, 5.74) is 1.07. The van der Waals surface area contributed by atoms with Gasteiger partial charge in [-0.05, 0) is 17.7 Å². The van der Waals surface area contributed by atoms with E-state index in [1.54, 1.807) is 12.4 Å². The van der Waals surface area contributed by atoms with E-state index in [1.807, 2.05) is 37.4 Å². The second-order valence-corrected chi connectivity index (χ2v) is 5.92. The van der Waals surface area contributed by atoms with E-state index < -0.39 is 0 Å². The molecule has 1 N–H and O–H groups in total. The molecular formula is C17H22ClIN6. The summed E-state index contributed by atoms with van der Waals surface area (Å²) < 4.78 is 0. The zero-order valence-corrected chi connectivity index (χ0v) is 17.2. The number of aromatic nitrogens is 2. The second kappa shape index (κ2) is 9.76. The van der Waals surface area contributed by atoms with E-state index in [4.69, 9.17) is 11.6 Å². The Hall–Kier alpha value is -1.61. The maximum atomic E-state index is 6.21. The van der Waals surface area contributed by atoms with E-state index >= 15 is 0 Å². The molecule has 2 aromatic rings. The molecule has 25 heavy (non-hydrogen) atoms. The Balaban J connectivity index is 0.00000225. The van der Waals surface area contributed by atoms with Crippen molar-refractivity contribution in [3.05, 3.63) is 53.3 Å². The van der Waals surface area contributed by atoms with Crippen molar-refractivity contribution in [2.24, 2.45) is 4.99 Å². The lowest BCUT2D eigenvalue weighted by Crippen LogP contribution is -2.52. The first kappa shape index (κ1) is 19.7. The van der Waals surface area contributed by atoms with E-state index in [0.29, 0.717) is 6.54 Å². The molecule has 0 spiro atoms. The Morgan fingerprint density at radius 2 is 1.80 bits per heavy atom. The third-order valence-electron chi connectivity index (χ3n) is 4.02. The van der Waals surface area contributed by atoms with Crippen LogP contribution in [0.25, 0.3) is 0 Å². The van der Waals surface area contributed by atoms with Gasteiger partial charge in [-0.2, -0.15) is 0 Å². The number of hydrogen-bond donors (Lipinski definition) is 1. The molecule has 1 aliphatic rings. The Morgan fingerprint density at radius 3 is 2.44 bits per heavy atom. The average molecular weight is 473 g/mol. The lowest BCUT2D eigenvalue weighted by atomic mass is 10.2. The van der Waals surface area contributed by atoms with Crippen molar-refractivity contribution in [2.75, 3.05) is 38.1 Å². The Kier molecular flexibility index (Phi) is 7.70. The first-order valence-electron chi connectivity index (χ1n) is 7.99. The number of nitrogens with zero attached hydrogens (tertiary/aromatic N) is 5. The number of hydrogen-bond acceptors (Lipinski definition) is 4. The molecule has 0 amide bonds. The Morgan fingerprint density at radius 1 is 1.12 bits per heavy atom. The molecule has 3 rings (SSSR count). The molecule has 0 unspecified atom stereocenters. The van der Waals surface area contributed by atoms with Gasteiger partial charge in [-0.25, -0.2) is 9.97 Å². The Bertz CT molecular complexity index is 689. The maximum Gasteiger partial charge on any atom is 0.225 e. The van der Waals surface area contributed by atoms with Crippen molar-refractivity contribution >= 4 is 47.5 Å². The van der Waals surface area contributed by atoms with Crippen molar-refractivity contribution in [1.82, 2.24) is 20.2 Å². The fourth-order valence-electron chi connectivity index (χ4n) is 2.72. The van der Waals surface area contributed by atoms with E-state index in [-0.39, 0.29) is 24.0 Å². The van der Waals surface area contributed by atoms with Gasteiger partial charge >= 0.3 is 0 Å². The van der Waals surface area contributed by atoms with Gasteiger partial charge in [0.2, 0.25) is 5.95 Å². The fourth-order valence-corrected chi connectivity index (χ4v) is 2.92. The highest BCUT2D eigenvalue weighted by Crippen LogP contribution is 2.15. The summed E-state index contributed by atoms with van der Waals surface area (Å²) in [7, 11) is 1.81. The zero-order chi connectivity index (χ0) is 16.8. The van der Waals surface area contributed by atoms with E-state index in [1.165, 1.54) is 0 Å². The molecule has 0 radical (unpaired) electrons. The molecule has 6 nitrogen and oxygen atoms in total. The highest BCUT2D eigenvalue weighted by Gasteiger charge is 2.21. The van der Waals surface area contributed by atoms with Crippen molar-refractivity contribution in [3.63, 3.8) is 0 Å². The quantitative estimate of drug-likeness (QED) is 0.423. The average Bonchev–Trinajstić information content (AvgIpc) is 2.65. The van der Waals surface area contributed by atoms with Gasteiger partial charge in [0.25, 0.3) is 0 Å². The van der Waals surface area contributed by atoms with Crippen LogP contribution in [0, 0.1) is 0 Å². The first-order chi connectivity index (χ1) is 11.8. The smallest absolute Gasteiger partial charge is 0.225 e. The van der Waals surface area contributed by atoms with Crippen LogP contribution >= 0.6 is 35.6 Å². The highest BCUT2D eigenvalue weighted by molar-refractivity contribution is 14.0. The van der Waals surface area contributed by atoms with Crippen LogP contribution in [0.5, 0.6) is 0 Å². The molecule has 1 saturated heterocycles. The summed E-state index contributed by atoms with van der Waals surface area (Å²) in [6.45, 7) is 4.16. The molecule has 1 aromatic carbocycles. The van der Waals surface area contributed by atoms with Crippen molar-refractivity contribution in [3.8, 4) is 0 Å². The summed E-state index contributed by atoms with van der Waals surface area (Å²) >= 11 is 6.21. The van der Waals surface area contributed by atoms with E-state index in [9.17, 15) is 0 Å².